The number of carbonyl (C=O) groups is 3. The molecule has 3 aromatic rings. The van der Waals surface area contributed by atoms with Gasteiger partial charge in [0, 0.05) is 11.3 Å². The molecule has 1 aliphatic rings. The fraction of sp³-hybridized carbons (Fsp3) is 0.179. The highest BCUT2D eigenvalue weighted by atomic mass is 79.9. The molecular weight excluding hydrogens is 557 g/mol. The van der Waals surface area contributed by atoms with Crippen molar-refractivity contribution in [2.45, 2.75) is 20.5 Å². The van der Waals surface area contributed by atoms with Crippen LogP contribution in [0.1, 0.15) is 23.6 Å². The van der Waals surface area contributed by atoms with Gasteiger partial charge in [0.1, 0.15) is 24.7 Å². The number of anilines is 1. The number of rotatable bonds is 9. The van der Waals surface area contributed by atoms with Gasteiger partial charge in [0.05, 0.1) is 11.1 Å². The lowest BCUT2D eigenvalue weighted by molar-refractivity contribution is -0.127. The van der Waals surface area contributed by atoms with Gasteiger partial charge in [0.15, 0.2) is 11.5 Å². The van der Waals surface area contributed by atoms with E-state index < -0.39 is 24.4 Å². The van der Waals surface area contributed by atoms with Crippen LogP contribution in [0.4, 0.5) is 14.9 Å². The summed E-state index contributed by atoms with van der Waals surface area (Å²) in [6.07, 6.45) is 1.48. The van der Waals surface area contributed by atoms with Crippen LogP contribution in [-0.4, -0.2) is 35.9 Å². The van der Waals surface area contributed by atoms with Gasteiger partial charge >= 0.3 is 6.03 Å². The number of hydrogen-bond acceptors (Lipinski definition) is 5. The second-order valence-corrected chi connectivity index (χ2v) is 9.29. The van der Waals surface area contributed by atoms with Gasteiger partial charge in [-0.05, 0) is 77.3 Å². The molecule has 3 aromatic carbocycles. The minimum atomic E-state index is -0.699. The molecule has 0 spiro atoms. The summed E-state index contributed by atoms with van der Waals surface area (Å²) >= 11 is 3.45. The van der Waals surface area contributed by atoms with E-state index in [2.05, 4.69) is 26.6 Å². The number of imide groups is 1. The quantitative estimate of drug-likeness (QED) is 0.260. The topological polar surface area (TPSA) is 97.0 Å². The van der Waals surface area contributed by atoms with Gasteiger partial charge in [-0.25, -0.2) is 14.1 Å². The molecule has 0 aliphatic carbocycles. The summed E-state index contributed by atoms with van der Waals surface area (Å²) in [5, 5.41) is 5.19. The fourth-order valence-corrected chi connectivity index (χ4v) is 4.36. The van der Waals surface area contributed by atoms with Crippen LogP contribution in [0.2, 0.25) is 0 Å². The molecule has 2 N–H and O–H groups in total. The first-order chi connectivity index (χ1) is 18.2. The lowest BCUT2D eigenvalue weighted by Gasteiger charge is -2.15. The van der Waals surface area contributed by atoms with Crippen LogP contribution in [0.15, 0.2) is 70.8 Å². The smallest absolute Gasteiger partial charge is 0.329 e. The van der Waals surface area contributed by atoms with E-state index in [9.17, 15) is 18.8 Å². The first kappa shape index (κ1) is 26.9. The highest BCUT2D eigenvalue weighted by Gasteiger charge is 2.35. The van der Waals surface area contributed by atoms with Crippen molar-refractivity contribution in [1.29, 1.82) is 0 Å². The zero-order valence-corrected chi connectivity index (χ0v) is 22.3. The van der Waals surface area contributed by atoms with E-state index in [-0.39, 0.29) is 18.1 Å². The molecule has 196 valence electrons. The first-order valence-electron chi connectivity index (χ1n) is 11.8. The first-order valence-corrected chi connectivity index (χ1v) is 12.6. The number of nitrogens with zero attached hydrogens (tertiary/aromatic N) is 1. The minimum Gasteiger partial charge on any atom is -0.490 e. The van der Waals surface area contributed by atoms with Gasteiger partial charge in [-0.3, -0.25) is 9.59 Å². The van der Waals surface area contributed by atoms with Crippen LogP contribution in [0.5, 0.6) is 11.5 Å². The molecule has 1 fully saturated rings. The summed E-state index contributed by atoms with van der Waals surface area (Å²) < 4.78 is 26.1. The van der Waals surface area contributed by atoms with Crippen molar-refractivity contribution in [1.82, 2.24) is 10.2 Å². The largest absolute Gasteiger partial charge is 0.490 e. The van der Waals surface area contributed by atoms with E-state index in [1.54, 1.807) is 55.5 Å². The second kappa shape index (κ2) is 11.9. The number of ether oxygens (including phenoxy) is 2. The van der Waals surface area contributed by atoms with Crippen LogP contribution < -0.4 is 20.1 Å². The lowest BCUT2D eigenvalue weighted by atomic mass is 10.1. The van der Waals surface area contributed by atoms with Crippen LogP contribution >= 0.6 is 15.9 Å². The third-order valence-electron chi connectivity index (χ3n) is 5.54. The Hall–Kier alpha value is -4.18. The van der Waals surface area contributed by atoms with E-state index in [0.29, 0.717) is 39.4 Å². The van der Waals surface area contributed by atoms with E-state index in [1.165, 1.54) is 12.1 Å². The van der Waals surface area contributed by atoms with Crippen LogP contribution in [0.3, 0.4) is 0 Å². The molecule has 0 saturated carbocycles. The van der Waals surface area contributed by atoms with Crippen molar-refractivity contribution in [3.63, 3.8) is 0 Å². The van der Waals surface area contributed by atoms with E-state index >= 15 is 0 Å². The van der Waals surface area contributed by atoms with Crippen molar-refractivity contribution in [3.05, 3.63) is 93.3 Å². The number of halogens is 2. The maximum Gasteiger partial charge on any atom is 0.329 e. The number of amides is 4. The molecular formula is C28H25BrFN3O5. The SMILES string of the molecule is CCOc1cc(/C=C2/NC(=O)N(CC(=O)Nc3cccc(C)c3)C2=O)cc(Br)c1OCc1ccccc1F. The van der Waals surface area contributed by atoms with Crippen molar-refractivity contribution in [3.8, 4) is 11.5 Å². The fourth-order valence-electron chi connectivity index (χ4n) is 3.79. The van der Waals surface area contributed by atoms with Crippen molar-refractivity contribution in [2.75, 3.05) is 18.5 Å². The summed E-state index contributed by atoms with van der Waals surface area (Å²) in [7, 11) is 0. The normalized spacial score (nSPS) is 14.0. The monoisotopic (exact) mass is 581 g/mol. The Labute approximate surface area is 227 Å². The lowest BCUT2D eigenvalue weighted by Crippen LogP contribution is -2.38. The summed E-state index contributed by atoms with van der Waals surface area (Å²) in [4.78, 5) is 38.7. The molecule has 0 radical (unpaired) electrons. The van der Waals surface area contributed by atoms with Crippen LogP contribution in [0.25, 0.3) is 6.08 Å². The number of aryl methyl sites for hydroxylation is 1. The molecule has 38 heavy (non-hydrogen) atoms. The number of carbonyl (C=O) groups excluding carboxylic acids is 3. The maximum atomic E-state index is 14.0. The predicted octanol–water partition coefficient (Wildman–Crippen LogP) is 5.41. The molecule has 0 unspecified atom stereocenters. The molecule has 0 aromatic heterocycles. The van der Waals surface area contributed by atoms with Crippen molar-refractivity contribution < 1.29 is 28.2 Å². The van der Waals surface area contributed by atoms with Gasteiger partial charge in [-0.15, -0.1) is 0 Å². The van der Waals surface area contributed by atoms with Crippen molar-refractivity contribution >= 4 is 45.5 Å². The number of hydrogen-bond donors (Lipinski definition) is 2. The summed E-state index contributed by atoms with van der Waals surface area (Å²) in [5.41, 5.74) is 2.47. The van der Waals surface area contributed by atoms with E-state index in [4.69, 9.17) is 9.47 Å². The second-order valence-electron chi connectivity index (χ2n) is 8.44. The molecule has 4 rings (SSSR count). The zero-order chi connectivity index (χ0) is 27.2. The van der Waals surface area contributed by atoms with E-state index in [1.807, 2.05) is 13.0 Å². The Morgan fingerprint density at radius 3 is 2.63 bits per heavy atom. The summed E-state index contributed by atoms with van der Waals surface area (Å²) in [6.45, 7) is 3.58. The highest BCUT2D eigenvalue weighted by molar-refractivity contribution is 9.10. The molecule has 1 aliphatic heterocycles. The Morgan fingerprint density at radius 2 is 1.89 bits per heavy atom. The molecule has 0 bridgehead atoms. The van der Waals surface area contributed by atoms with Gasteiger partial charge in [-0.2, -0.15) is 0 Å². The zero-order valence-electron chi connectivity index (χ0n) is 20.7. The predicted molar refractivity (Wildman–Crippen MR) is 144 cm³/mol. The summed E-state index contributed by atoms with van der Waals surface area (Å²) in [5.74, 6) is -0.776. The molecule has 1 saturated heterocycles. The van der Waals surface area contributed by atoms with Crippen molar-refractivity contribution in [2.24, 2.45) is 0 Å². The Morgan fingerprint density at radius 1 is 1.11 bits per heavy atom. The molecule has 10 heteroatoms. The minimum absolute atomic E-state index is 0.00716. The summed E-state index contributed by atoms with van der Waals surface area (Å²) in [6, 6.07) is 16.1. The van der Waals surface area contributed by atoms with Crippen LogP contribution in [0, 0.1) is 12.7 Å². The Balaban J connectivity index is 1.50. The molecule has 4 amide bonds. The van der Waals surface area contributed by atoms with Crippen LogP contribution in [-0.2, 0) is 16.2 Å². The Kier molecular flexibility index (Phi) is 8.42. The van der Waals surface area contributed by atoms with Gasteiger partial charge in [0.25, 0.3) is 5.91 Å². The molecule has 0 atom stereocenters. The third kappa shape index (κ3) is 6.38. The van der Waals surface area contributed by atoms with Gasteiger partial charge < -0.3 is 20.1 Å². The maximum absolute atomic E-state index is 14.0. The van der Waals surface area contributed by atoms with Gasteiger partial charge in [0.2, 0.25) is 5.91 Å². The standard InChI is InChI=1S/C28H25BrFN3O5/c1-3-37-24-14-18(12-21(29)26(24)38-16-19-8-4-5-10-22(19)30)13-23-27(35)33(28(36)32-23)15-25(34)31-20-9-6-7-17(2)11-20/h4-14H,3,15-16H2,1-2H3,(H,31,34)(H,32,36)/b23-13+. The molecule has 8 nitrogen and oxygen atoms in total. The number of urea groups is 1. The highest BCUT2D eigenvalue weighted by Crippen LogP contribution is 2.38. The number of nitrogens with one attached hydrogen (secondary N) is 2. The third-order valence-corrected chi connectivity index (χ3v) is 6.13. The van der Waals surface area contributed by atoms with Gasteiger partial charge in [-0.1, -0.05) is 30.3 Å². The number of benzene rings is 3. The Bertz CT molecular complexity index is 1430. The average Bonchev–Trinajstić information content (AvgIpc) is 3.12. The molecule has 1 heterocycles. The van der Waals surface area contributed by atoms with E-state index in [0.717, 1.165) is 10.5 Å². The average molecular weight is 582 g/mol.